The molecule has 0 fully saturated rings. The number of nitrogens with one attached hydrogen (secondary N) is 3. The van der Waals surface area contributed by atoms with E-state index in [0.717, 1.165) is 0 Å². The van der Waals surface area contributed by atoms with Crippen LogP contribution in [0.5, 0.6) is 0 Å². The summed E-state index contributed by atoms with van der Waals surface area (Å²) in [4.78, 5) is 34.7. The van der Waals surface area contributed by atoms with Crippen LogP contribution in [0, 0.1) is 6.92 Å². The number of esters is 1. The van der Waals surface area contributed by atoms with Crippen LogP contribution < -0.4 is 15.4 Å². The molecule has 0 heterocycles. The van der Waals surface area contributed by atoms with E-state index >= 15 is 0 Å². The molecule has 2 amide bonds. The van der Waals surface area contributed by atoms with Gasteiger partial charge in [0.05, 0.1) is 20.6 Å². The second kappa shape index (κ2) is 10.6. The minimum Gasteiger partial charge on any atom is -0.455 e. The molecule has 12 heteroatoms. The molecule has 3 N–H and O–H groups in total. The summed E-state index contributed by atoms with van der Waals surface area (Å²) in [5, 5.41) is 5.42. The SMILES string of the molecule is CC(=O)Nc1ccc(S(=O)(=O)NCC(=O)OCC(=O)Nc2c(Cl)ccc(C)c2Cl)cc1. The summed E-state index contributed by atoms with van der Waals surface area (Å²) in [7, 11) is -4.00. The summed E-state index contributed by atoms with van der Waals surface area (Å²) in [6.07, 6.45) is 0. The van der Waals surface area contributed by atoms with Crippen LogP contribution >= 0.6 is 23.2 Å². The Hall–Kier alpha value is -2.66. The first-order valence-electron chi connectivity index (χ1n) is 8.77. The number of aryl methyl sites for hydroxylation is 1. The van der Waals surface area contributed by atoms with Crippen molar-refractivity contribution in [1.82, 2.24) is 4.72 Å². The molecule has 0 aliphatic rings. The molecule has 0 bridgehead atoms. The van der Waals surface area contributed by atoms with Gasteiger partial charge in [-0.1, -0.05) is 29.3 Å². The zero-order valence-electron chi connectivity index (χ0n) is 16.5. The lowest BCUT2D eigenvalue weighted by Gasteiger charge is -2.11. The molecule has 0 atom stereocenters. The largest absolute Gasteiger partial charge is 0.455 e. The van der Waals surface area contributed by atoms with Crippen molar-refractivity contribution < 1.29 is 27.5 Å². The highest BCUT2D eigenvalue weighted by molar-refractivity contribution is 7.89. The van der Waals surface area contributed by atoms with Gasteiger partial charge >= 0.3 is 5.97 Å². The predicted octanol–water partition coefficient (Wildman–Crippen LogP) is 2.72. The van der Waals surface area contributed by atoms with E-state index in [0.29, 0.717) is 11.3 Å². The summed E-state index contributed by atoms with van der Waals surface area (Å²) in [6, 6.07) is 8.57. The number of carbonyl (C=O) groups excluding carboxylic acids is 3. The average Bonchev–Trinajstić information content (AvgIpc) is 2.71. The van der Waals surface area contributed by atoms with Gasteiger partial charge in [-0.25, -0.2) is 8.42 Å². The molecule has 0 aliphatic heterocycles. The van der Waals surface area contributed by atoms with E-state index in [4.69, 9.17) is 27.9 Å². The number of hydrogen-bond acceptors (Lipinski definition) is 6. The molecule has 31 heavy (non-hydrogen) atoms. The van der Waals surface area contributed by atoms with Crippen molar-refractivity contribution in [2.75, 3.05) is 23.8 Å². The highest BCUT2D eigenvalue weighted by atomic mass is 35.5. The van der Waals surface area contributed by atoms with E-state index in [1.54, 1.807) is 19.1 Å². The van der Waals surface area contributed by atoms with Gasteiger partial charge < -0.3 is 15.4 Å². The fourth-order valence-corrected chi connectivity index (χ4v) is 3.74. The molecule has 2 aromatic carbocycles. The van der Waals surface area contributed by atoms with Gasteiger partial charge in [0, 0.05) is 12.6 Å². The monoisotopic (exact) mass is 487 g/mol. The number of sulfonamides is 1. The van der Waals surface area contributed by atoms with Gasteiger partial charge in [0.1, 0.15) is 6.54 Å². The minimum absolute atomic E-state index is 0.115. The van der Waals surface area contributed by atoms with Crippen LogP contribution in [-0.2, 0) is 29.1 Å². The van der Waals surface area contributed by atoms with Crippen molar-refractivity contribution in [2.45, 2.75) is 18.7 Å². The highest BCUT2D eigenvalue weighted by Crippen LogP contribution is 2.32. The molecule has 0 aliphatic carbocycles. The Balaban J connectivity index is 1.86. The van der Waals surface area contributed by atoms with Gasteiger partial charge in [0.2, 0.25) is 15.9 Å². The lowest BCUT2D eigenvalue weighted by Crippen LogP contribution is -2.32. The number of carbonyl (C=O) groups is 3. The second-order valence-electron chi connectivity index (χ2n) is 6.29. The van der Waals surface area contributed by atoms with Gasteiger partial charge in [0.25, 0.3) is 5.91 Å². The first-order chi connectivity index (χ1) is 14.5. The molecule has 0 saturated heterocycles. The Morgan fingerprint density at radius 2 is 1.65 bits per heavy atom. The summed E-state index contributed by atoms with van der Waals surface area (Å²) in [5.41, 5.74) is 1.30. The summed E-state index contributed by atoms with van der Waals surface area (Å²) in [6.45, 7) is 1.71. The number of rotatable bonds is 8. The zero-order valence-corrected chi connectivity index (χ0v) is 18.8. The quantitative estimate of drug-likeness (QED) is 0.490. The van der Waals surface area contributed by atoms with E-state index in [2.05, 4.69) is 15.4 Å². The summed E-state index contributed by atoms with van der Waals surface area (Å²) >= 11 is 12.1. The van der Waals surface area contributed by atoms with E-state index in [1.165, 1.54) is 31.2 Å². The van der Waals surface area contributed by atoms with Crippen molar-refractivity contribution >= 4 is 62.4 Å². The first-order valence-corrected chi connectivity index (χ1v) is 11.0. The second-order valence-corrected chi connectivity index (χ2v) is 8.84. The van der Waals surface area contributed by atoms with Gasteiger partial charge in [-0.15, -0.1) is 0 Å². The Bertz CT molecular complexity index is 1100. The van der Waals surface area contributed by atoms with Crippen molar-refractivity contribution in [3.8, 4) is 0 Å². The van der Waals surface area contributed by atoms with E-state index in [9.17, 15) is 22.8 Å². The molecule has 166 valence electrons. The van der Waals surface area contributed by atoms with Crippen LogP contribution in [0.25, 0.3) is 0 Å². The normalized spacial score (nSPS) is 11.0. The Kier molecular flexibility index (Phi) is 8.40. The van der Waals surface area contributed by atoms with Crippen LogP contribution in [-0.4, -0.2) is 39.4 Å². The third-order valence-electron chi connectivity index (χ3n) is 3.80. The number of anilines is 2. The standard InChI is InChI=1S/C19H19Cl2N3O6S/c1-11-3-8-15(20)19(18(11)21)24-16(26)10-30-17(27)9-22-31(28,29)14-6-4-13(5-7-14)23-12(2)25/h3-8,22H,9-10H2,1-2H3,(H,23,25)(H,24,26). The number of halogens is 2. The Morgan fingerprint density at radius 1 is 1.00 bits per heavy atom. The van der Waals surface area contributed by atoms with E-state index in [1.807, 2.05) is 0 Å². The molecule has 0 saturated carbocycles. The molecule has 2 aromatic rings. The van der Waals surface area contributed by atoms with Gasteiger partial charge in [-0.3, -0.25) is 14.4 Å². The predicted molar refractivity (Wildman–Crippen MR) is 117 cm³/mol. The van der Waals surface area contributed by atoms with Crippen LogP contribution in [0.4, 0.5) is 11.4 Å². The fourth-order valence-electron chi connectivity index (χ4n) is 2.30. The molecule has 0 aromatic heterocycles. The van der Waals surface area contributed by atoms with Crippen molar-refractivity contribution in [3.05, 3.63) is 52.0 Å². The zero-order chi connectivity index (χ0) is 23.2. The summed E-state index contributed by atoms with van der Waals surface area (Å²) < 4.78 is 31.3. The number of amides is 2. The van der Waals surface area contributed by atoms with Crippen LogP contribution in [0.15, 0.2) is 41.3 Å². The fraction of sp³-hybridized carbons (Fsp3) is 0.211. The maximum absolute atomic E-state index is 12.2. The molecule has 0 unspecified atom stereocenters. The Morgan fingerprint density at radius 3 is 2.26 bits per heavy atom. The molecule has 9 nitrogen and oxygen atoms in total. The molecule has 0 spiro atoms. The highest BCUT2D eigenvalue weighted by Gasteiger charge is 2.18. The summed E-state index contributed by atoms with van der Waals surface area (Å²) in [5.74, 6) is -1.96. The van der Waals surface area contributed by atoms with Gasteiger partial charge in [0.15, 0.2) is 6.61 Å². The maximum atomic E-state index is 12.2. The Labute approximate surface area is 189 Å². The lowest BCUT2D eigenvalue weighted by atomic mass is 10.2. The molecule has 0 radical (unpaired) electrons. The van der Waals surface area contributed by atoms with Crippen molar-refractivity contribution in [3.63, 3.8) is 0 Å². The van der Waals surface area contributed by atoms with Crippen LogP contribution in [0.3, 0.4) is 0 Å². The van der Waals surface area contributed by atoms with Crippen molar-refractivity contribution in [1.29, 1.82) is 0 Å². The number of ether oxygens (including phenoxy) is 1. The smallest absolute Gasteiger partial charge is 0.321 e. The number of benzene rings is 2. The third kappa shape index (κ3) is 7.21. The molecule has 2 rings (SSSR count). The first kappa shape index (κ1) is 24.6. The minimum atomic E-state index is -4.00. The van der Waals surface area contributed by atoms with E-state index < -0.39 is 35.1 Å². The van der Waals surface area contributed by atoms with Crippen LogP contribution in [0.1, 0.15) is 12.5 Å². The van der Waals surface area contributed by atoms with Crippen molar-refractivity contribution in [2.24, 2.45) is 0 Å². The molecular weight excluding hydrogens is 469 g/mol. The molecular formula is C19H19Cl2N3O6S. The average molecular weight is 488 g/mol. The van der Waals surface area contributed by atoms with Gasteiger partial charge in [-0.05, 0) is 42.8 Å². The van der Waals surface area contributed by atoms with Crippen LogP contribution in [0.2, 0.25) is 10.0 Å². The topological polar surface area (TPSA) is 131 Å². The van der Waals surface area contributed by atoms with E-state index in [-0.39, 0.29) is 26.5 Å². The lowest BCUT2D eigenvalue weighted by molar-refractivity contribution is -0.146. The van der Waals surface area contributed by atoms with Gasteiger partial charge in [-0.2, -0.15) is 4.72 Å². The maximum Gasteiger partial charge on any atom is 0.321 e. The number of hydrogen-bond donors (Lipinski definition) is 3. The third-order valence-corrected chi connectivity index (χ3v) is 6.02.